The van der Waals surface area contributed by atoms with Gasteiger partial charge in [-0.1, -0.05) is 11.3 Å². The number of carbonyl (C=O) groups excluding carboxylic acids is 1. The molecule has 0 aliphatic carbocycles. The molecule has 0 bridgehead atoms. The van der Waals surface area contributed by atoms with E-state index in [-0.39, 0.29) is 23.3 Å². The first kappa shape index (κ1) is 15.9. The third kappa shape index (κ3) is 3.65. The Morgan fingerprint density at radius 1 is 1.47 bits per heavy atom. The fourth-order valence-corrected chi connectivity index (χ4v) is 2.86. The molecule has 1 aromatic rings. The van der Waals surface area contributed by atoms with Gasteiger partial charge in [-0.3, -0.25) is 14.9 Å². The van der Waals surface area contributed by atoms with Crippen molar-refractivity contribution in [3.63, 3.8) is 0 Å². The van der Waals surface area contributed by atoms with Crippen molar-refractivity contribution in [2.45, 2.75) is 12.8 Å². The Labute approximate surface area is 121 Å². The summed E-state index contributed by atoms with van der Waals surface area (Å²) in [5, 5.41) is 10.6. The summed E-state index contributed by atoms with van der Waals surface area (Å²) in [6.07, 6.45) is 1.82. The van der Waals surface area contributed by atoms with E-state index >= 15 is 0 Å². The Hall–Kier alpha value is -1.18. The van der Waals surface area contributed by atoms with Crippen LogP contribution in [0.1, 0.15) is 22.5 Å². The van der Waals surface area contributed by atoms with Gasteiger partial charge in [-0.15, -0.1) is 12.4 Å². The molecule has 2 rings (SSSR count). The van der Waals surface area contributed by atoms with Crippen molar-refractivity contribution in [3.05, 3.63) is 27.1 Å². The zero-order valence-electron chi connectivity index (χ0n) is 10.3. The molecule has 1 aromatic heterocycles. The summed E-state index contributed by atoms with van der Waals surface area (Å²) < 4.78 is 0. The zero-order valence-corrected chi connectivity index (χ0v) is 11.9. The van der Waals surface area contributed by atoms with Gasteiger partial charge in [0.2, 0.25) is 0 Å². The molecule has 0 spiro atoms. The summed E-state index contributed by atoms with van der Waals surface area (Å²) in [6, 6.07) is 2.91. The predicted octanol–water partition coefficient (Wildman–Crippen LogP) is 1.89. The van der Waals surface area contributed by atoms with Crippen LogP contribution in [-0.4, -0.2) is 35.4 Å². The van der Waals surface area contributed by atoms with Crippen LogP contribution in [0.2, 0.25) is 0 Å². The van der Waals surface area contributed by atoms with Gasteiger partial charge in [0.15, 0.2) is 0 Å². The van der Waals surface area contributed by atoms with Gasteiger partial charge in [0.05, 0.1) is 9.80 Å². The van der Waals surface area contributed by atoms with Crippen LogP contribution < -0.4 is 5.73 Å². The first-order valence-electron chi connectivity index (χ1n) is 5.85. The number of hydrogen-bond donors (Lipinski definition) is 1. The van der Waals surface area contributed by atoms with Gasteiger partial charge >= 0.3 is 5.00 Å². The standard InChI is InChI=1S/C11H15N3O3S.ClH/c12-7-8-3-5-13(6-4-8)11(15)9-1-2-10(18-9)14(16)17;/h1-2,8H,3-7,12H2;1H. The summed E-state index contributed by atoms with van der Waals surface area (Å²) >= 11 is 0.934. The van der Waals surface area contributed by atoms with Crippen LogP contribution in [0, 0.1) is 16.0 Å². The first-order valence-corrected chi connectivity index (χ1v) is 6.67. The second kappa shape index (κ2) is 6.83. The minimum atomic E-state index is -0.470. The van der Waals surface area contributed by atoms with E-state index in [0.29, 0.717) is 30.4 Å². The molecule has 1 aliphatic heterocycles. The van der Waals surface area contributed by atoms with Gasteiger partial charge in [-0.05, 0) is 31.4 Å². The first-order chi connectivity index (χ1) is 8.61. The number of hydrogen-bond acceptors (Lipinski definition) is 5. The number of rotatable bonds is 3. The number of thiophene rings is 1. The van der Waals surface area contributed by atoms with E-state index in [2.05, 4.69) is 0 Å². The van der Waals surface area contributed by atoms with Gasteiger partial charge in [-0.25, -0.2) is 0 Å². The maximum atomic E-state index is 12.1. The van der Waals surface area contributed by atoms with E-state index < -0.39 is 4.92 Å². The average Bonchev–Trinajstić information content (AvgIpc) is 2.88. The molecule has 2 heterocycles. The molecule has 0 aromatic carbocycles. The molecule has 106 valence electrons. The van der Waals surface area contributed by atoms with Gasteiger partial charge in [0.25, 0.3) is 5.91 Å². The number of carbonyl (C=O) groups is 1. The fourth-order valence-electron chi connectivity index (χ4n) is 2.07. The number of halogens is 1. The summed E-state index contributed by atoms with van der Waals surface area (Å²) in [6.45, 7) is 2.03. The van der Waals surface area contributed by atoms with E-state index in [1.165, 1.54) is 12.1 Å². The quantitative estimate of drug-likeness (QED) is 0.682. The van der Waals surface area contributed by atoms with Crippen LogP contribution in [0.3, 0.4) is 0 Å². The Kier molecular flexibility index (Phi) is 5.71. The highest BCUT2D eigenvalue weighted by Gasteiger charge is 2.25. The van der Waals surface area contributed by atoms with Crippen molar-refractivity contribution >= 4 is 34.7 Å². The molecule has 19 heavy (non-hydrogen) atoms. The third-order valence-electron chi connectivity index (χ3n) is 3.22. The van der Waals surface area contributed by atoms with Crippen molar-refractivity contribution < 1.29 is 9.72 Å². The van der Waals surface area contributed by atoms with Crippen LogP contribution in [-0.2, 0) is 0 Å². The van der Waals surface area contributed by atoms with E-state index in [1.807, 2.05) is 0 Å². The second-order valence-corrected chi connectivity index (χ2v) is 5.43. The molecule has 1 amide bonds. The lowest BCUT2D eigenvalue weighted by Gasteiger charge is -2.31. The molecule has 0 unspecified atom stereocenters. The van der Waals surface area contributed by atoms with E-state index in [0.717, 1.165) is 24.2 Å². The molecule has 0 atom stereocenters. The molecule has 1 aliphatic rings. The van der Waals surface area contributed by atoms with Crippen LogP contribution in [0.4, 0.5) is 5.00 Å². The number of nitro groups is 1. The number of piperidine rings is 1. The minimum absolute atomic E-state index is 0. The number of amides is 1. The molecule has 8 heteroatoms. The fraction of sp³-hybridized carbons (Fsp3) is 0.545. The zero-order chi connectivity index (χ0) is 13.1. The van der Waals surface area contributed by atoms with Crippen molar-refractivity contribution in [2.24, 2.45) is 11.7 Å². The molecule has 1 saturated heterocycles. The normalized spacial score (nSPS) is 15.9. The average molecular weight is 306 g/mol. The van der Waals surface area contributed by atoms with Crippen molar-refractivity contribution in [2.75, 3.05) is 19.6 Å². The Morgan fingerprint density at radius 2 is 2.11 bits per heavy atom. The van der Waals surface area contributed by atoms with Crippen LogP contribution in [0.5, 0.6) is 0 Å². The largest absolute Gasteiger partial charge is 0.338 e. The van der Waals surface area contributed by atoms with Gasteiger partial charge in [0, 0.05) is 19.2 Å². The van der Waals surface area contributed by atoms with Crippen molar-refractivity contribution in [1.82, 2.24) is 4.90 Å². The summed E-state index contributed by atoms with van der Waals surface area (Å²) in [5.41, 5.74) is 5.60. The molecule has 0 saturated carbocycles. The SMILES string of the molecule is Cl.NCC1CCN(C(=O)c2ccc([N+](=O)[O-])s2)CC1. The highest BCUT2D eigenvalue weighted by Crippen LogP contribution is 2.26. The van der Waals surface area contributed by atoms with E-state index in [1.54, 1.807) is 4.90 Å². The molecular weight excluding hydrogens is 290 g/mol. The summed E-state index contributed by atoms with van der Waals surface area (Å²) in [7, 11) is 0. The van der Waals surface area contributed by atoms with Crippen LogP contribution >= 0.6 is 23.7 Å². The second-order valence-electron chi connectivity index (χ2n) is 4.37. The smallest absolute Gasteiger partial charge is 0.324 e. The maximum absolute atomic E-state index is 12.1. The predicted molar refractivity (Wildman–Crippen MR) is 75.9 cm³/mol. The van der Waals surface area contributed by atoms with Crippen molar-refractivity contribution in [3.8, 4) is 0 Å². The molecule has 1 fully saturated rings. The van der Waals surface area contributed by atoms with Gasteiger partial charge in [-0.2, -0.15) is 0 Å². The van der Waals surface area contributed by atoms with Gasteiger partial charge < -0.3 is 10.6 Å². The van der Waals surface area contributed by atoms with E-state index in [4.69, 9.17) is 5.73 Å². The highest BCUT2D eigenvalue weighted by atomic mass is 35.5. The lowest BCUT2D eigenvalue weighted by Crippen LogP contribution is -2.39. The highest BCUT2D eigenvalue weighted by molar-refractivity contribution is 7.17. The van der Waals surface area contributed by atoms with E-state index in [9.17, 15) is 14.9 Å². The molecule has 2 N–H and O–H groups in total. The maximum Gasteiger partial charge on any atom is 0.324 e. The minimum Gasteiger partial charge on any atom is -0.338 e. The Morgan fingerprint density at radius 3 is 2.58 bits per heavy atom. The van der Waals surface area contributed by atoms with Gasteiger partial charge in [0.1, 0.15) is 0 Å². The third-order valence-corrected chi connectivity index (χ3v) is 4.24. The molecule has 0 radical (unpaired) electrons. The topological polar surface area (TPSA) is 89.5 Å². The van der Waals surface area contributed by atoms with Crippen molar-refractivity contribution in [1.29, 1.82) is 0 Å². The lowest BCUT2D eigenvalue weighted by molar-refractivity contribution is -0.380. The Balaban J connectivity index is 0.00000180. The summed E-state index contributed by atoms with van der Waals surface area (Å²) in [5.74, 6) is 0.385. The number of nitrogens with two attached hydrogens (primary N) is 1. The Bertz CT molecular complexity index is 458. The number of nitrogens with zero attached hydrogens (tertiary/aromatic N) is 2. The summed E-state index contributed by atoms with van der Waals surface area (Å²) in [4.78, 5) is 24.4. The van der Waals surface area contributed by atoms with Crippen LogP contribution in [0.15, 0.2) is 12.1 Å². The lowest BCUT2D eigenvalue weighted by atomic mass is 9.97. The monoisotopic (exact) mass is 305 g/mol. The van der Waals surface area contributed by atoms with Crippen LogP contribution in [0.25, 0.3) is 0 Å². The molecular formula is C11H16ClN3O3S. The number of likely N-dealkylation sites (tertiary alicyclic amines) is 1. The molecule has 6 nitrogen and oxygen atoms in total.